The van der Waals surface area contributed by atoms with E-state index in [2.05, 4.69) is 34.3 Å². The van der Waals surface area contributed by atoms with Crippen molar-refractivity contribution in [3.8, 4) is 0 Å². The molecule has 1 N–H and O–H groups in total. The zero-order valence-corrected chi connectivity index (χ0v) is 10.5. The van der Waals surface area contributed by atoms with Crippen molar-refractivity contribution in [2.75, 3.05) is 23.3 Å². The monoisotopic (exact) mass is 231 g/mol. The number of aromatic nitrogens is 1. The van der Waals surface area contributed by atoms with E-state index < -0.39 is 0 Å². The van der Waals surface area contributed by atoms with Crippen LogP contribution in [0.3, 0.4) is 0 Å². The number of nitrogens with one attached hydrogen (secondary N) is 1. The highest BCUT2D eigenvalue weighted by Gasteiger charge is 2.24. The summed E-state index contributed by atoms with van der Waals surface area (Å²) < 4.78 is 0. The Morgan fingerprint density at radius 2 is 2.00 bits per heavy atom. The van der Waals surface area contributed by atoms with Crippen LogP contribution in [0.4, 0.5) is 11.5 Å². The second-order valence-corrected chi connectivity index (χ2v) is 5.52. The third-order valence-corrected chi connectivity index (χ3v) is 3.92. The summed E-state index contributed by atoms with van der Waals surface area (Å²) in [6, 6.07) is 4.99. The Labute approximate surface area is 103 Å². The van der Waals surface area contributed by atoms with Gasteiger partial charge in [-0.1, -0.05) is 6.92 Å². The number of pyridine rings is 1. The molecule has 1 saturated carbocycles. The molecular formula is C14H21N3. The van der Waals surface area contributed by atoms with Crippen molar-refractivity contribution in [2.24, 2.45) is 5.92 Å². The zero-order valence-electron chi connectivity index (χ0n) is 10.5. The van der Waals surface area contributed by atoms with Crippen LogP contribution in [0.5, 0.6) is 0 Å². The van der Waals surface area contributed by atoms with Gasteiger partial charge in [0.15, 0.2) is 0 Å². The molecule has 0 amide bonds. The minimum Gasteiger partial charge on any atom is -0.381 e. The molecule has 3 rings (SSSR count). The summed E-state index contributed by atoms with van der Waals surface area (Å²) in [4.78, 5) is 6.92. The Kier molecular flexibility index (Phi) is 2.91. The molecule has 3 heteroatoms. The van der Waals surface area contributed by atoms with E-state index in [0.717, 1.165) is 11.7 Å². The third-order valence-electron chi connectivity index (χ3n) is 3.92. The maximum atomic E-state index is 4.55. The molecule has 0 radical (unpaired) electrons. The van der Waals surface area contributed by atoms with Gasteiger partial charge in [0.1, 0.15) is 5.82 Å². The predicted octanol–water partition coefficient (Wildman–Crippen LogP) is 2.89. The van der Waals surface area contributed by atoms with Crippen LogP contribution >= 0.6 is 0 Å². The first-order valence-corrected chi connectivity index (χ1v) is 6.79. The van der Waals surface area contributed by atoms with Crippen molar-refractivity contribution in [1.82, 2.24) is 4.98 Å². The molecule has 3 nitrogen and oxygen atoms in total. The van der Waals surface area contributed by atoms with Gasteiger partial charge in [0.25, 0.3) is 0 Å². The van der Waals surface area contributed by atoms with Crippen LogP contribution in [0.15, 0.2) is 18.3 Å². The molecule has 1 aromatic rings. The van der Waals surface area contributed by atoms with Crippen LogP contribution in [0.1, 0.15) is 32.6 Å². The van der Waals surface area contributed by atoms with Crippen LogP contribution in [0.25, 0.3) is 0 Å². The lowest BCUT2D eigenvalue weighted by Crippen LogP contribution is -2.33. The Morgan fingerprint density at radius 1 is 1.24 bits per heavy atom. The van der Waals surface area contributed by atoms with Gasteiger partial charge in [0.2, 0.25) is 0 Å². The fourth-order valence-electron chi connectivity index (χ4n) is 2.86. The van der Waals surface area contributed by atoms with Gasteiger partial charge >= 0.3 is 0 Å². The van der Waals surface area contributed by atoms with E-state index in [0.29, 0.717) is 6.04 Å². The van der Waals surface area contributed by atoms with E-state index in [4.69, 9.17) is 0 Å². The average Bonchev–Trinajstić information content (AvgIpc) is 2.81. The van der Waals surface area contributed by atoms with Gasteiger partial charge < -0.3 is 10.2 Å². The summed E-state index contributed by atoms with van der Waals surface area (Å²) in [6.45, 7) is 4.65. The van der Waals surface area contributed by atoms with Gasteiger partial charge in [-0.05, 0) is 43.7 Å². The van der Waals surface area contributed by atoms with E-state index in [-0.39, 0.29) is 0 Å². The molecule has 1 aromatic heterocycles. The molecule has 1 aliphatic carbocycles. The highest BCUT2D eigenvalue weighted by molar-refractivity contribution is 5.49. The fourth-order valence-corrected chi connectivity index (χ4v) is 2.86. The van der Waals surface area contributed by atoms with Crippen LogP contribution < -0.4 is 10.2 Å². The molecule has 92 valence electrons. The molecule has 0 atom stereocenters. The first kappa shape index (κ1) is 10.9. The number of hydrogen-bond donors (Lipinski definition) is 1. The molecule has 1 saturated heterocycles. The Hall–Kier alpha value is -1.25. The SMILES string of the molecule is CC1CC(Nc2ccc(N3CCCC3)nc2)C1. The van der Waals surface area contributed by atoms with E-state index >= 15 is 0 Å². The molecule has 0 aromatic carbocycles. The lowest BCUT2D eigenvalue weighted by Gasteiger charge is -2.34. The first-order valence-electron chi connectivity index (χ1n) is 6.79. The molecule has 0 spiro atoms. The van der Waals surface area contributed by atoms with Crippen molar-refractivity contribution in [3.05, 3.63) is 18.3 Å². The van der Waals surface area contributed by atoms with Crippen LogP contribution in [0, 0.1) is 5.92 Å². The van der Waals surface area contributed by atoms with Crippen molar-refractivity contribution in [1.29, 1.82) is 0 Å². The maximum Gasteiger partial charge on any atom is 0.128 e. The summed E-state index contributed by atoms with van der Waals surface area (Å²) >= 11 is 0. The highest BCUT2D eigenvalue weighted by Crippen LogP contribution is 2.29. The summed E-state index contributed by atoms with van der Waals surface area (Å²) in [5.41, 5.74) is 1.17. The molecule has 0 bridgehead atoms. The molecule has 2 fully saturated rings. The average molecular weight is 231 g/mol. The van der Waals surface area contributed by atoms with E-state index in [1.54, 1.807) is 0 Å². The molecular weight excluding hydrogens is 210 g/mol. The Bertz CT molecular complexity index is 362. The molecule has 2 heterocycles. The summed E-state index contributed by atoms with van der Waals surface area (Å²) in [6.07, 6.45) is 7.20. The smallest absolute Gasteiger partial charge is 0.128 e. The van der Waals surface area contributed by atoms with E-state index in [1.165, 1.54) is 44.5 Å². The molecule has 1 aliphatic heterocycles. The van der Waals surface area contributed by atoms with Crippen LogP contribution in [0.2, 0.25) is 0 Å². The second kappa shape index (κ2) is 4.55. The number of hydrogen-bond acceptors (Lipinski definition) is 3. The number of nitrogens with zero attached hydrogens (tertiary/aromatic N) is 2. The minimum atomic E-state index is 0.671. The summed E-state index contributed by atoms with van der Waals surface area (Å²) in [5.74, 6) is 2.03. The van der Waals surface area contributed by atoms with Crippen molar-refractivity contribution >= 4 is 11.5 Å². The van der Waals surface area contributed by atoms with Crippen LogP contribution in [-0.4, -0.2) is 24.1 Å². The third kappa shape index (κ3) is 2.38. The summed E-state index contributed by atoms with van der Waals surface area (Å²) in [7, 11) is 0. The van der Waals surface area contributed by atoms with Gasteiger partial charge in [0, 0.05) is 19.1 Å². The minimum absolute atomic E-state index is 0.671. The van der Waals surface area contributed by atoms with Crippen molar-refractivity contribution < 1.29 is 0 Å². The lowest BCUT2D eigenvalue weighted by atomic mass is 9.82. The van der Waals surface area contributed by atoms with Gasteiger partial charge in [-0.3, -0.25) is 0 Å². The van der Waals surface area contributed by atoms with Gasteiger partial charge in [0.05, 0.1) is 11.9 Å². The highest BCUT2D eigenvalue weighted by atomic mass is 15.2. The quantitative estimate of drug-likeness (QED) is 0.867. The van der Waals surface area contributed by atoms with Crippen LogP contribution in [-0.2, 0) is 0 Å². The predicted molar refractivity (Wildman–Crippen MR) is 71.5 cm³/mol. The molecule has 2 aliphatic rings. The maximum absolute atomic E-state index is 4.55. The van der Waals surface area contributed by atoms with E-state index in [9.17, 15) is 0 Å². The Morgan fingerprint density at radius 3 is 2.59 bits per heavy atom. The zero-order chi connectivity index (χ0) is 11.7. The van der Waals surface area contributed by atoms with Gasteiger partial charge in [-0.25, -0.2) is 4.98 Å². The van der Waals surface area contributed by atoms with Gasteiger partial charge in [-0.2, -0.15) is 0 Å². The standard InChI is InChI=1S/C14H21N3/c1-11-8-13(9-11)16-12-4-5-14(15-10-12)17-6-2-3-7-17/h4-5,10-11,13,16H,2-3,6-9H2,1H3. The second-order valence-electron chi connectivity index (χ2n) is 5.52. The normalized spacial score (nSPS) is 27.9. The van der Waals surface area contributed by atoms with Gasteiger partial charge in [-0.15, -0.1) is 0 Å². The summed E-state index contributed by atoms with van der Waals surface area (Å²) in [5, 5.41) is 3.55. The number of rotatable bonds is 3. The lowest BCUT2D eigenvalue weighted by molar-refractivity contribution is 0.309. The van der Waals surface area contributed by atoms with Crippen molar-refractivity contribution in [3.63, 3.8) is 0 Å². The molecule has 17 heavy (non-hydrogen) atoms. The Balaban J connectivity index is 1.59. The molecule has 0 unspecified atom stereocenters. The first-order chi connectivity index (χ1) is 8.31. The number of anilines is 2. The van der Waals surface area contributed by atoms with E-state index in [1.807, 2.05) is 6.20 Å². The fraction of sp³-hybridized carbons (Fsp3) is 0.643. The van der Waals surface area contributed by atoms with Crippen molar-refractivity contribution in [2.45, 2.75) is 38.6 Å². The topological polar surface area (TPSA) is 28.2 Å². The largest absolute Gasteiger partial charge is 0.381 e.